The lowest BCUT2D eigenvalue weighted by molar-refractivity contribution is 0.446. The Hall–Kier alpha value is -1.65. The number of piperidine rings is 1. The number of nitriles is 1. The Morgan fingerprint density at radius 2 is 1.86 bits per heavy atom. The molecule has 22 heavy (non-hydrogen) atoms. The summed E-state index contributed by atoms with van der Waals surface area (Å²) >= 11 is 0. The number of rotatable bonds is 3. The standard InChI is InChI=1S/C15H20N4O2S/c16-12-13-11-14(3-6-17-13)18-9-4-15(5-10-18)22(20,21)19-7-1-2-8-19/h3,6,11,15H,1-2,4-5,7-10H2. The van der Waals surface area contributed by atoms with Gasteiger partial charge in [-0.2, -0.15) is 5.26 Å². The third-order valence-electron chi connectivity index (χ3n) is 4.51. The number of hydrogen-bond donors (Lipinski definition) is 0. The maximum atomic E-state index is 12.6. The molecule has 2 fully saturated rings. The highest BCUT2D eigenvalue weighted by atomic mass is 32.2. The van der Waals surface area contributed by atoms with E-state index in [1.165, 1.54) is 0 Å². The zero-order chi connectivity index (χ0) is 15.6. The Balaban J connectivity index is 1.66. The molecule has 0 N–H and O–H groups in total. The minimum absolute atomic E-state index is 0.265. The first-order chi connectivity index (χ1) is 10.6. The van der Waals surface area contributed by atoms with Crippen molar-refractivity contribution in [2.75, 3.05) is 31.1 Å². The molecule has 0 unspecified atom stereocenters. The summed E-state index contributed by atoms with van der Waals surface area (Å²) < 4.78 is 26.8. The topological polar surface area (TPSA) is 77.3 Å². The van der Waals surface area contributed by atoms with E-state index in [4.69, 9.17) is 5.26 Å². The third-order valence-corrected chi connectivity index (χ3v) is 6.91. The molecule has 1 aromatic rings. The third kappa shape index (κ3) is 2.94. The van der Waals surface area contributed by atoms with E-state index in [9.17, 15) is 8.42 Å². The Morgan fingerprint density at radius 1 is 1.18 bits per heavy atom. The molecule has 0 aliphatic carbocycles. The molecule has 0 atom stereocenters. The van der Waals surface area contributed by atoms with Gasteiger partial charge in [-0.15, -0.1) is 0 Å². The summed E-state index contributed by atoms with van der Waals surface area (Å²) in [5, 5.41) is 8.65. The van der Waals surface area contributed by atoms with Gasteiger partial charge in [-0.3, -0.25) is 0 Å². The van der Waals surface area contributed by atoms with Crippen LogP contribution in [0.25, 0.3) is 0 Å². The van der Waals surface area contributed by atoms with E-state index in [0.29, 0.717) is 44.7 Å². The molecule has 2 aliphatic rings. The van der Waals surface area contributed by atoms with Crippen LogP contribution in [0.3, 0.4) is 0 Å². The minimum atomic E-state index is -3.14. The van der Waals surface area contributed by atoms with E-state index in [-0.39, 0.29) is 5.25 Å². The molecular weight excluding hydrogens is 300 g/mol. The second kappa shape index (κ2) is 6.23. The molecule has 0 bridgehead atoms. The largest absolute Gasteiger partial charge is 0.371 e. The van der Waals surface area contributed by atoms with Gasteiger partial charge in [0.1, 0.15) is 11.8 Å². The van der Waals surface area contributed by atoms with Gasteiger partial charge in [0.2, 0.25) is 10.0 Å². The molecule has 3 heterocycles. The molecule has 0 amide bonds. The summed E-state index contributed by atoms with van der Waals surface area (Å²) in [4.78, 5) is 6.11. The average Bonchev–Trinajstić information content (AvgIpc) is 3.10. The highest BCUT2D eigenvalue weighted by Crippen LogP contribution is 2.27. The summed E-state index contributed by atoms with van der Waals surface area (Å²) in [6.07, 6.45) is 4.87. The molecule has 0 radical (unpaired) electrons. The molecule has 2 saturated heterocycles. The smallest absolute Gasteiger partial charge is 0.217 e. The molecule has 0 spiro atoms. The first kappa shape index (κ1) is 15.3. The van der Waals surface area contributed by atoms with Crippen LogP contribution in [0.2, 0.25) is 0 Å². The van der Waals surface area contributed by atoms with Crippen molar-refractivity contribution in [1.29, 1.82) is 5.26 Å². The summed E-state index contributed by atoms with van der Waals surface area (Å²) in [7, 11) is -3.14. The van der Waals surface area contributed by atoms with Crippen LogP contribution in [0.5, 0.6) is 0 Å². The van der Waals surface area contributed by atoms with Crippen molar-refractivity contribution in [3.05, 3.63) is 24.0 Å². The van der Waals surface area contributed by atoms with Gasteiger partial charge in [0.05, 0.1) is 5.25 Å². The average molecular weight is 320 g/mol. The van der Waals surface area contributed by atoms with Crippen molar-refractivity contribution in [2.45, 2.75) is 30.9 Å². The van der Waals surface area contributed by atoms with Crippen LogP contribution in [0.4, 0.5) is 5.69 Å². The first-order valence-electron chi connectivity index (χ1n) is 7.71. The van der Waals surface area contributed by atoms with E-state index in [1.54, 1.807) is 16.6 Å². The lowest BCUT2D eigenvalue weighted by Gasteiger charge is -2.34. The predicted molar refractivity (Wildman–Crippen MR) is 83.9 cm³/mol. The van der Waals surface area contributed by atoms with Gasteiger partial charge in [0.15, 0.2) is 0 Å². The normalized spacial score (nSPS) is 21.0. The fourth-order valence-corrected chi connectivity index (χ4v) is 5.24. The van der Waals surface area contributed by atoms with Crippen molar-refractivity contribution < 1.29 is 8.42 Å². The van der Waals surface area contributed by atoms with Gasteiger partial charge in [0, 0.05) is 38.1 Å². The van der Waals surface area contributed by atoms with Crippen molar-refractivity contribution in [3.8, 4) is 6.07 Å². The quantitative estimate of drug-likeness (QED) is 0.840. The molecule has 6 nitrogen and oxygen atoms in total. The monoisotopic (exact) mass is 320 g/mol. The molecular formula is C15H20N4O2S. The number of hydrogen-bond acceptors (Lipinski definition) is 5. The number of pyridine rings is 1. The summed E-state index contributed by atoms with van der Waals surface area (Å²) in [5.41, 5.74) is 1.34. The Morgan fingerprint density at radius 3 is 2.50 bits per heavy atom. The Kier molecular flexibility index (Phi) is 4.32. The van der Waals surface area contributed by atoms with Crippen molar-refractivity contribution in [3.63, 3.8) is 0 Å². The number of anilines is 1. The summed E-state index contributed by atoms with van der Waals surface area (Å²) in [6.45, 7) is 2.76. The van der Waals surface area contributed by atoms with Gasteiger partial charge in [-0.25, -0.2) is 17.7 Å². The van der Waals surface area contributed by atoms with Gasteiger partial charge >= 0.3 is 0 Å². The lowest BCUT2D eigenvalue weighted by atomic mass is 10.1. The SMILES string of the molecule is N#Cc1cc(N2CCC(S(=O)(=O)N3CCCC3)CC2)ccn1. The van der Waals surface area contributed by atoms with Gasteiger partial charge < -0.3 is 4.90 Å². The second-order valence-electron chi connectivity index (χ2n) is 5.85. The van der Waals surface area contributed by atoms with E-state index < -0.39 is 10.0 Å². The Labute approximate surface area is 131 Å². The second-order valence-corrected chi connectivity index (χ2v) is 8.06. The molecule has 1 aromatic heterocycles. The fraction of sp³-hybridized carbons (Fsp3) is 0.600. The molecule has 0 aromatic carbocycles. The molecule has 2 aliphatic heterocycles. The van der Waals surface area contributed by atoms with Crippen LogP contribution < -0.4 is 4.90 Å². The van der Waals surface area contributed by atoms with Crippen molar-refractivity contribution >= 4 is 15.7 Å². The Bertz CT molecular complexity index is 669. The maximum Gasteiger partial charge on any atom is 0.217 e. The summed E-state index contributed by atoms with van der Waals surface area (Å²) in [5.74, 6) is 0. The number of aromatic nitrogens is 1. The van der Waals surface area contributed by atoms with E-state index in [0.717, 1.165) is 18.5 Å². The lowest BCUT2D eigenvalue weighted by Crippen LogP contribution is -2.44. The van der Waals surface area contributed by atoms with Crippen LogP contribution in [0, 0.1) is 11.3 Å². The highest BCUT2D eigenvalue weighted by molar-refractivity contribution is 7.89. The zero-order valence-corrected chi connectivity index (χ0v) is 13.3. The fourth-order valence-electron chi connectivity index (χ4n) is 3.24. The van der Waals surface area contributed by atoms with Gasteiger partial charge in [-0.1, -0.05) is 0 Å². The van der Waals surface area contributed by atoms with Gasteiger partial charge in [0.25, 0.3) is 0 Å². The van der Waals surface area contributed by atoms with Crippen molar-refractivity contribution in [1.82, 2.24) is 9.29 Å². The predicted octanol–water partition coefficient (Wildman–Crippen LogP) is 1.35. The van der Waals surface area contributed by atoms with E-state index >= 15 is 0 Å². The van der Waals surface area contributed by atoms with Gasteiger partial charge in [-0.05, 0) is 37.8 Å². The van der Waals surface area contributed by atoms with Crippen LogP contribution in [-0.4, -0.2) is 49.1 Å². The van der Waals surface area contributed by atoms with Crippen LogP contribution in [0.1, 0.15) is 31.4 Å². The van der Waals surface area contributed by atoms with Crippen LogP contribution in [-0.2, 0) is 10.0 Å². The molecule has 118 valence electrons. The van der Waals surface area contributed by atoms with Crippen LogP contribution >= 0.6 is 0 Å². The van der Waals surface area contributed by atoms with Crippen molar-refractivity contribution in [2.24, 2.45) is 0 Å². The zero-order valence-electron chi connectivity index (χ0n) is 12.5. The summed E-state index contributed by atoms with van der Waals surface area (Å²) in [6, 6.07) is 5.67. The first-order valence-corrected chi connectivity index (χ1v) is 9.21. The minimum Gasteiger partial charge on any atom is -0.371 e. The number of sulfonamides is 1. The highest BCUT2D eigenvalue weighted by Gasteiger charge is 2.35. The van der Waals surface area contributed by atoms with E-state index in [1.807, 2.05) is 12.1 Å². The van der Waals surface area contributed by atoms with Crippen LogP contribution in [0.15, 0.2) is 18.3 Å². The molecule has 0 saturated carbocycles. The number of nitrogens with zero attached hydrogens (tertiary/aromatic N) is 4. The maximum absolute atomic E-state index is 12.6. The molecule has 7 heteroatoms. The van der Waals surface area contributed by atoms with E-state index in [2.05, 4.69) is 9.88 Å². The molecule has 3 rings (SSSR count).